The summed E-state index contributed by atoms with van der Waals surface area (Å²) in [5.74, 6) is 0.645. The van der Waals surface area contributed by atoms with E-state index in [1.807, 2.05) is 11.4 Å². The number of fused-ring (bicyclic) bond motifs is 3. The maximum absolute atomic E-state index is 12.3. The quantitative estimate of drug-likeness (QED) is 0.537. The zero-order valence-electron chi connectivity index (χ0n) is 15.6. The minimum absolute atomic E-state index is 0.0861. The lowest BCUT2D eigenvalue weighted by Gasteiger charge is -2.18. The Bertz CT molecular complexity index is 1170. The van der Waals surface area contributed by atoms with Crippen molar-refractivity contribution in [2.45, 2.75) is 12.8 Å². The molecule has 0 saturated heterocycles. The normalized spacial score (nSPS) is 12.9. The Hall–Kier alpha value is -2.63. The number of likely N-dealkylation sites (N-methyl/N-ethyl adjacent to an activating group) is 1. The number of pyridine rings is 1. The number of benzene rings is 2. The van der Waals surface area contributed by atoms with E-state index in [2.05, 4.69) is 55.2 Å². The molecule has 4 rings (SSSR count). The maximum atomic E-state index is 12.3. The van der Waals surface area contributed by atoms with Gasteiger partial charge in [0.25, 0.3) is 5.56 Å². The largest absolute Gasteiger partial charge is 0.507 e. The lowest BCUT2D eigenvalue weighted by atomic mass is 9.94. The van der Waals surface area contributed by atoms with E-state index in [1.165, 1.54) is 16.9 Å². The third-order valence-corrected chi connectivity index (χ3v) is 5.89. The van der Waals surface area contributed by atoms with Gasteiger partial charge in [-0.2, -0.15) is 0 Å². The molecular formula is C22H22N2O2S. The molecule has 5 heteroatoms. The number of phenols is 1. The van der Waals surface area contributed by atoms with Gasteiger partial charge >= 0.3 is 0 Å². The van der Waals surface area contributed by atoms with Crippen molar-refractivity contribution in [2.24, 2.45) is 0 Å². The van der Waals surface area contributed by atoms with Crippen molar-refractivity contribution in [1.29, 1.82) is 0 Å². The van der Waals surface area contributed by atoms with Gasteiger partial charge in [0.05, 0.1) is 0 Å². The molecule has 1 atom stereocenters. The van der Waals surface area contributed by atoms with Crippen LogP contribution in [0.15, 0.2) is 52.6 Å². The van der Waals surface area contributed by atoms with E-state index in [9.17, 15) is 9.90 Å². The van der Waals surface area contributed by atoms with Gasteiger partial charge in [-0.3, -0.25) is 4.79 Å². The lowest BCUT2D eigenvalue weighted by molar-refractivity contribution is 0.383. The highest BCUT2D eigenvalue weighted by Crippen LogP contribution is 2.39. The highest BCUT2D eigenvalue weighted by Gasteiger charge is 2.16. The summed E-state index contributed by atoms with van der Waals surface area (Å²) in [4.78, 5) is 17.4. The van der Waals surface area contributed by atoms with Crippen LogP contribution in [0, 0.1) is 0 Å². The minimum atomic E-state index is -0.0861. The molecule has 0 fully saturated rings. The number of thiophene rings is 1. The summed E-state index contributed by atoms with van der Waals surface area (Å²) in [7, 11) is 4.15. The molecule has 0 bridgehead atoms. The number of hydrogen-bond donors (Lipinski definition) is 2. The Balaban J connectivity index is 1.90. The van der Waals surface area contributed by atoms with Gasteiger partial charge in [-0.15, -0.1) is 11.3 Å². The number of hydrogen-bond acceptors (Lipinski definition) is 4. The molecule has 0 aliphatic heterocycles. The van der Waals surface area contributed by atoms with E-state index in [0.29, 0.717) is 10.6 Å². The number of aromatic hydroxyl groups is 1. The summed E-state index contributed by atoms with van der Waals surface area (Å²) < 4.78 is 0.686. The van der Waals surface area contributed by atoms with Gasteiger partial charge in [-0.1, -0.05) is 31.2 Å². The first-order valence-corrected chi connectivity index (χ1v) is 9.84. The molecule has 0 spiro atoms. The Morgan fingerprint density at radius 1 is 1.11 bits per heavy atom. The minimum Gasteiger partial charge on any atom is -0.507 e. The van der Waals surface area contributed by atoms with Crippen molar-refractivity contribution < 1.29 is 5.11 Å². The lowest BCUT2D eigenvalue weighted by Crippen LogP contribution is -2.18. The summed E-state index contributed by atoms with van der Waals surface area (Å²) in [6.45, 7) is 3.19. The van der Waals surface area contributed by atoms with E-state index in [1.54, 1.807) is 12.1 Å². The summed E-state index contributed by atoms with van der Waals surface area (Å²) in [6, 6.07) is 13.7. The van der Waals surface area contributed by atoms with E-state index in [4.69, 9.17) is 0 Å². The molecule has 0 saturated carbocycles. The van der Waals surface area contributed by atoms with Gasteiger partial charge in [0.1, 0.15) is 10.4 Å². The highest BCUT2D eigenvalue weighted by atomic mass is 32.1. The summed E-state index contributed by atoms with van der Waals surface area (Å²) in [5.41, 5.74) is 3.62. The maximum Gasteiger partial charge on any atom is 0.266 e. The first-order chi connectivity index (χ1) is 13.0. The van der Waals surface area contributed by atoms with Crippen LogP contribution in [0.3, 0.4) is 0 Å². The van der Waals surface area contributed by atoms with Crippen molar-refractivity contribution in [3.63, 3.8) is 0 Å². The van der Waals surface area contributed by atoms with E-state index >= 15 is 0 Å². The fraction of sp³-hybridized carbons (Fsp3) is 0.227. The van der Waals surface area contributed by atoms with Crippen LogP contribution in [0.1, 0.15) is 18.4 Å². The van der Waals surface area contributed by atoms with Crippen LogP contribution in [0.4, 0.5) is 0 Å². The number of aromatic nitrogens is 1. The zero-order valence-corrected chi connectivity index (χ0v) is 16.4. The SMILES string of the molecule is C[C@H](CN(C)C)c1ccc(-c2c(O)ccc3[nH]c(=O)c4sccc4c23)cc1. The number of nitrogens with zero attached hydrogens (tertiary/aromatic N) is 1. The monoisotopic (exact) mass is 378 g/mol. The second kappa shape index (κ2) is 6.83. The summed E-state index contributed by atoms with van der Waals surface area (Å²) in [5, 5.41) is 14.3. The summed E-state index contributed by atoms with van der Waals surface area (Å²) in [6.07, 6.45) is 0. The third kappa shape index (κ3) is 3.13. The molecule has 2 aromatic carbocycles. The molecule has 2 N–H and O–H groups in total. The molecule has 2 aromatic heterocycles. The number of nitrogens with one attached hydrogen (secondary N) is 1. The van der Waals surface area contributed by atoms with Gasteiger partial charge in [-0.25, -0.2) is 0 Å². The smallest absolute Gasteiger partial charge is 0.266 e. The topological polar surface area (TPSA) is 56.3 Å². The molecule has 4 aromatic rings. The van der Waals surface area contributed by atoms with Crippen LogP contribution in [0.25, 0.3) is 32.1 Å². The fourth-order valence-corrected chi connectivity index (χ4v) is 4.56. The van der Waals surface area contributed by atoms with Gasteiger partial charge < -0.3 is 15.0 Å². The molecule has 0 radical (unpaired) electrons. The van der Waals surface area contributed by atoms with Gasteiger partial charge in [0, 0.05) is 28.4 Å². The van der Waals surface area contributed by atoms with Crippen LogP contribution in [-0.4, -0.2) is 35.6 Å². The number of aromatic amines is 1. The Morgan fingerprint density at radius 2 is 1.85 bits per heavy atom. The van der Waals surface area contributed by atoms with Crippen molar-refractivity contribution in [2.75, 3.05) is 20.6 Å². The molecule has 27 heavy (non-hydrogen) atoms. The van der Waals surface area contributed by atoms with E-state index in [0.717, 1.165) is 34.0 Å². The standard InChI is InChI=1S/C22H22N2O2S/c1-13(12-24(2)3)14-4-6-15(7-5-14)19-18(25)9-8-17-20(19)16-10-11-27-21(16)22(26)23-17/h4-11,13,25H,12H2,1-3H3,(H,23,26)/t13-/m1/s1. The van der Waals surface area contributed by atoms with Crippen molar-refractivity contribution in [3.8, 4) is 16.9 Å². The Morgan fingerprint density at radius 3 is 2.56 bits per heavy atom. The van der Waals surface area contributed by atoms with Gasteiger partial charge in [0.15, 0.2) is 0 Å². The average Bonchev–Trinajstić information content (AvgIpc) is 3.12. The number of H-pyrrole nitrogens is 1. The van der Waals surface area contributed by atoms with Crippen LogP contribution in [-0.2, 0) is 0 Å². The average molecular weight is 378 g/mol. The van der Waals surface area contributed by atoms with E-state index in [-0.39, 0.29) is 11.3 Å². The first kappa shape index (κ1) is 17.8. The summed E-state index contributed by atoms with van der Waals surface area (Å²) >= 11 is 1.42. The second-order valence-electron chi connectivity index (χ2n) is 7.29. The number of rotatable bonds is 4. The van der Waals surface area contributed by atoms with E-state index < -0.39 is 0 Å². The molecule has 0 amide bonds. The van der Waals surface area contributed by atoms with Crippen LogP contribution in [0.5, 0.6) is 5.75 Å². The molecule has 0 unspecified atom stereocenters. The van der Waals surface area contributed by atoms with Crippen molar-refractivity contribution >= 4 is 32.3 Å². The third-order valence-electron chi connectivity index (χ3n) is 4.98. The van der Waals surface area contributed by atoms with Crippen molar-refractivity contribution in [3.05, 3.63) is 63.8 Å². The van der Waals surface area contributed by atoms with Crippen LogP contribution < -0.4 is 5.56 Å². The van der Waals surface area contributed by atoms with Crippen LogP contribution >= 0.6 is 11.3 Å². The Kier molecular flexibility index (Phi) is 4.50. The molecule has 138 valence electrons. The van der Waals surface area contributed by atoms with Crippen LogP contribution in [0.2, 0.25) is 0 Å². The number of phenolic OH excluding ortho intramolecular Hbond substituents is 1. The molecule has 0 aliphatic carbocycles. The fourth-order valence-electron chi connectivity index (χ4n) is 3.76. The Labute approximate surface area is 161 Å². The molecule has 2 heterocycles. The zero-order chi connectivity index (χ0) is 19.1. The molecule has 0 aliphatic rings. The highest BCUT2D eigenvalue weighted by molar-refractivity contribution is 7.17. The predicted molar refractivity (Wildman–Crippen MR) is 114 cm³/mol. The second-order valence-corrected chi connectivity index (χ2v) is 8.20. The predicted octanol–water partition coefficient (Wildman–Crippen LogP) is 4.78. The van der Waals surface area contributed by atoms with Crippen molar-refractivity contribution in [1.82, 2.24) is 9.88 Å². The first-order valence-electron chi connectivity index (χ1n) is 8.96. The van der Waals surface area contributed by atoms with Gasteiger partial charge in [-0.05, 0) is 54.7 Å². The molecular weight excluding hydrogens is 356 g/mol. The van der Waals surface area contributed by atoms with Gasteiger partial charge in [0.2, 0.25) is 0 Å². The molecule has 4 nitrogen and oxygen atoms in total.